The van der Waals surface area contributed by atoms with Crippen LogP contribution in [-0.4, -0.2) is 58.7 Å². The molecule has 3 nitrogen and oxygen atoms in total. The van der Waals surface area contributed by atoms with Gasteiger partial charge in [0.15, 0.2) is 0 Å². The molecular formula is C6H9BaO3P. The first kappa shape index (κ1) is 11.9. The summed E-state index contributed by atoms with van der Waals surface area (Å²) in [5.74, 6) is 0. The van der Waals surface area contributed by atoms with E-state index in [0.717, 1.165) is 0 Å². The maximum absolute atomic E-state index is 10.5. The van der Waals surface area contributed by atoms with Gasteiger partial charge in [0, 0.05) is 0 Å². The Bertz CT molecular complexity index is 264. The van der Waals surface area contributed by atoms with E-state index < -0.39 is 7.60 Å². The summed E-state index contributed by atoms with van der Waals surface area (Å²) in [6, 6.07) is 7.70. The minimum absolute atomic E-state index is 0. The van der Waals surface area contributed by atoms with Crippen LogP contribution in [0.25, 0.3) is 0 Å². The van der Waals surface area contributed by atoms with Crippen molar-refractivity contribution < 1.29 is 17.2 Å². The van der Waals surface area contributed by atoms with E-state index in [0.29, 0.717) is 0 Å². The number of benzene rings is 1. The third kappa shape index (κ3) is 3.92. The maximum atomic E-state index is 10.5. The van der Waals surface area contributed by atoms with E-state index in [1.165, 1.54) is 12.1 Å². The van der Waals surface area contributed by atoms with Crippen molar-refractivity contribution in [1.29, 1.82) is 0 Å². The minimum atomic E-state index is -4.02. The number of hydrogen-bond acceptors (Lipinski definition) is 1. The first-order chi connectivity index (χ1) is 4.61. The molecule has 0 aliphatic carbocycles. The SMILES string of the molecule is O=P(O)(O)c1ccccc1.[Ba+2].[H-].[H-]. The molecule has 58 valence electrons. The molecule has 2 N–H and O–H groups in total. The summed E-state index contributed by atoms with van der Waals surface area (Å²) < 4.78 is 10.5. The molecule has 1 aromatic rings. The molecule has 0 aliphatic heterocycles. The van der Waals surface area contributed by atoms with E-state index in [9.17, 15) is 4.57 Å². The van der Waals surface area contributed by atoms with E-state index in [2.05, 4.69) is 0 Å². The van der Waals surface area contributed by atoms with Crippen molar-refractivity contribution in [3.8, 4) is 0 Å². The van der Waals surface area contributed by atoms with E-state index in [-0.39, 0.29) is 57.0 Å². The van der Waals surface area contributed by atoms with Gasteiger partial charge in [-0.05, 0) is 12.1 Å². The molecule has 0 aromatic heterocycles. The van der Waals surface area contributed by atoms with Crippen LogP contribution >= 0.6 is 7.60 Å². The Balaban J connectivity index is -0.000000333. The largest absolute Gasteiger partial charge is 2.00 e. The molecule has 0 radical (unpaired) electrons. The molecule has 0 bridgehead atoms. The molecule has 1 rings (SSSR count). The van der Waals surface area contributed by atoms with Crippen molar-refractivity contribution in [3.63, 3.8) is 0 Å². The fourth-order valence-corrected chi connectivity index (χ4v) is 1.18. The standard InChI is InChI=1S/C6H7O3P.Ba.2H/c7-10(8,9)6-4-2-1-3-5-6;;;/h1-5H,(H2,7,8,9);;;/q;+2;2*-1. The molecule has 0 atom stereocenters. The first-order valence-electron chi connectivity index (χ1n) is 2.72. The topological polar surface area (TPSA) is 57.5 Å². The van der Waals surface area contributed by atoms with Crippen LogP contribution in [0.15, 0.2) is 30.3 Å². The minimum Gasteiger partial charge on any atom is -1.00 e. The quantitative estimate of drug-likeness (QED) is 0.580. The summed E-state index contributed by atoms with van der Waals surface area (Å²) in [5, 5.41) is 0.0648. The van der Waals surface area contributed by atoms with Gasteiger partial charge in [0.2, 0.25) is 0 Å². The van der Waals surface area contributed by atoms with Gasteiger partial charge in [-0.3, -0.25) is 4.57 Å². The summed E-state index contributed by atoms with van der Waals surface area (Å²) in [4.78, 5) is 17.2. The molecule has 0 fully saturated rings. The first-order valence-corrected chi connectivity index (χ1v) is 4.33. The van der Waals surface area contributed by atoms with E-state index >= 15 is 0 Å². The van der Waals surface area contributed by atoms with E-state index in [1.54, 1.807) is 18.2 Å². The van der Waals surface area contributed by atoms with Gasteiger partial charge in [0.05, 0.1) is 5.30 Å². The molecule has 1 aromatic carbocycles. The van der Waals surface area contributed by atoms with Gasteiger partial charge < -0.3 is 12.6 Å². The Kier molecular flexibility index (Phi) is 5.26. The van der Waals surface area contributed by atoms with Gasteiger partial charge >= 0.3 is 56.5 Å². The Morgan fingerprint density at radius 3 is 1.91 bits per heavy atom. The maximum Gasteiger partial charge on any atom is 2.00 e. The zero-order valence-electron chi connectivity index (χ0n) is 7.84. The fraction of sp³-hybridized carbons (Fsp3) is 0. The van der Waals surface area contributed by atoms with Gasteiger partial charge in [-0.25, -0.2) is 0 Å². The second-order valence-corrected chi connectivity index (χ2v) is 3.48. The van der Waals surface area contributed by atoms with Gasteiger partial charge in [0.1, 0.15) is 0 Å². The van der Waals surface area contributed by atoms with Crippen LogP contribution in [0.4, 0.5) is 0 Å². The molecule has 5 heteroatoms. The predicted molar refractivity (Wildman–Crippen MR) is 46.1 cm³/mol. The van der Waals surface area contributed by atoms with Crippen LogP contribution in [0, 0.1) is 0 Å². The molecule has 0 amide bonds. The summed E-state index contributed by atoms with van der Waals surface area (Å²) in [6.07, 6.45) is 0. The van der Waals surface area contributed by atoms with Gasteiger partial charge in [-0.1, -0.05) is 18.2 Å². The third-order valence-electron chi connectivity index (χ3n) is 1.09. The summed E-state index contributed by atoms with van der Waals surface area (Å²) >= 11 is 0. The van der Waals surface area contributed by atoms with E-state index in [1.807, 2.05) is 0 Å². The van der Waals surface area contributed by atoms with Gasteiger partial charge in [-0.2, -0.15) is 0 Å². The second-order valence-electron chi connectivity index (χ2n) is 1.88. The second kappa shape index (κ2) is 4.84. The average Bonchev–Trinajstić information content (AvgIpc) is 1.88. The normalized spacial score (nSPS) is 10.4. The smallest absolute Gasteiger partial charge is 1.00 e. The Morgan fingerprint density at radius 1 is 1.18 bits per heavy atom. The molecule has 0 aliphatic rings. The molecule has 0 spiro atoms. The third-order valence-corrected chi connectivity index (χ3v) is 2.06. The Hall–Kier alpha value is 0.941. The fourth-order valence-electron chi connectivity index (χ4n) is 0.622. The molecule has 0 saturated heterocycles. The Morgan fingerprint density at radius 2 is 1.64 bits per heavy atom. The average molecular weight is 297 g/mol. The van der Waals surface area contributed by atoms with Crippen molar-refractivity contribution >= 4 is 61.8 Å². The van der Waals surface area contributed by atoms with Crippen LogP contribution in [0.2, 0.25) is 0 Å². The van der Waals surface area contributed by atoms with Crippen LogP contribution < -0.4 is 5.30 Å². The van der Waals surface area contributed by atoms with Crippen LogP contribution in [-0.2, 0) is 4.57 Å². The van der Waals surface area contributed by atoms with Crippen LogP contribution in [0.5, 0.6) is 0 Å². The number of rotatable bonds is 1. The van der Waals surface area contributed by atoms with Crippen molar-refractivity contribution in [2.75, 3.05) is 0 Å². The van der Waals surface area contributed by atoms with Crippen LogP contribution in [0.3, 0.4) is 0 Å². The van der Waals surface area contributed by atoms with Crippen LogP contribution in [0.1, 0.15) is 2.85 Å². The molecule has 11 heavy (non-hydrogen) atoms. The molecule has 0 unspecified atom stereocenters. The van der Waals surface area contributed by atoms with Crippen molar-refractivity contribution in [2.24, 2.45) is 0 Å². The Labute approximate surface area is 108 Å². The molecule has 0 heterocycles. The molecule has 0 saturated carbocycles. The van der Waals surface area contributed by atoms with Gasteiger partial charge in [-0.15, -0.1) is 0 Å². The molecular weight excluding hydrogens is 288 g/mol. The van der Waals surface area contributed by atoms with Crippen molar-refractivity contribution in [3.05, 3.63) is 30.3 Å². The van der Waals surface area contributed by atoms with Crippen molar-refractivity contribution in [1.82, 2.24) is 0 Å². The van der Waals surface area contributed by atoms with Crippen molar-refractivity contribution in [2.45, 2.75) is 0 Å². The zero-order chi connectivity index (χ0) is 7.61. The summed E-state index contributed by atoms with van der Waals surface area (Å²) in [6.45, 7) is 0. The number of hydrogen-bond donors (Lipinski definition) is 2. The summed E-state index contributed by atoms with van der Waals surface area (Å²) in [5.41, 5.74) is 0. The zero-order valence-corrected chi connectivity index (χ0v) is 11.2. The van der Waals surface area contributed by atoms with E-state index in [4.69, 9.17) is 9.79 Å². The van der Waals surface area contributed by atoms with Gasteiger partial charge in [0.25, 0.3) is 0 Å². The monoisotopic (exact) mass is 298 g/mol. The summed E-state index contributed by atoms with van der Waals surface area (Å²) in [7, 11) is -4.02. The predicted octanol–water partition coefficient (Wildman–Crippen LogP) is 0.334.